The van der Waals surface area contributed by atoms with Gasteiger partial charge in [0, 0.05) is 0 Å². The van der Waals surface area contributed by atoms with Crippen molar-refractivity contribution >= 4 is 0 Å². The third-order valence-corrected chi connectivity index (χ3v) is 1.68. The van der Waals surface area contributed by atoms with E-state index in [0.717, 1.165) is 5.56 Å². The van der Waals surface area contributed by atoms with Crippen molar-refractivity contribution in [2.75, 3.05) is 0 Å². The van der Waals surface area contributed by atoms with Crippen LogP contribution in [0.1, 0.15) is 25.3 Å². The summed E-state index contributed by atoms with van der Waals surface area (Å²) < 4.78 is 27.9. The Kier molecular flexibility index (Phi) is 3.23. The molecule has 0 bridgehead atoms. The van der Waals surface area contributed by atoms with Crippen molar-refractivity contribution in [3.05, 3.63) is 29.8 Å². The van der Waals surface area contributed by atoms with E-state index < -0.39 is 6.61 Å². The van der Waals surface area contributed by atoms with Crippen LogP contribution in [-0.4, -0.2) is 6.61 Å². The molecule has 0 aliphatic heterocycles. The molecule has 1 aromatic rings. The maximum atomic E-state index is 11.8. The summed E-state index contributed by atoms with van der Waals surface area (Å²) in [6, 6.07) is 7.53. The Morgan fingerprint density at radius 2 is 2.00 bits per heavy atom. The van der Waals surface area contributed by atoms with Gasteiger partial charge in [-0.15, -0.1) is 0 Å². The third kappa shape index (κ3) is 3.01. The highest BCUT2D eigenvalue weighted by Gasteiger charge is 2.05. The standard InChI is InChI=1S/C10H11F2O/c1-7(2)8-4-3-5-9(6-8)13-10(11)12/h4-7,10H,1-2H3. The summed E-state index contributed by atoms with van der Waals surface area (Å²) in [6.07, 6.45) is 0. The van der Waals surface area contributed by atoms with Crippen LogP contribution in [0.2, 0.25) is 0 Å². The molecule has 0 N–H and O–H groups in total. The molecule has 1 aromatic carbocycles. The molecule has 13 heavy (non-hydrogen) atoms. The molecule has 0 aromatic heterocycles. The van der Waals surface area contributed by atoms with Crippen LogP contribution in [0, 0.1) is 6.07 Å². The quantitative estimate of drug-likeness (QED) is 0.702. The Balaban J connectivity index is 2.79. The maximum Gasteiger partial charge on any atom is 0.387 e. The summed E-state index contributed by atoms with van der Waals surface area (Å²) in [5.41, 5.74) is 0.943. The lowest BCUT2D eigenvalue weighted by Gasteiger charge is -2.08. The molecule has 3 heteroatoms. The monoisotopic (exact) mass is 185 g/mol. The van der Waals surface area contributed by atoms with Crippen LogP contribution in [-0.2, 0) is 0 Å². The topological polar surface area (TPSA) is 9.23 Å². The molecule has 1 rings (SSSR count). The van der Waals surface area contributed by atoms with Gasteiger partial charge < -0.3 is 4.74 Å². The Bertz CT molecular complexity index is 271. The molecule has 1 radical (unpaired) electrons. The highest BCUT2D eigenvalue weighted by Crippen LogP contribution is 2.20. The Morgan fingerprint density at radius 3 is 2.54 bits per heavy atom. The Labute approximate surface area is 76.3 Å². The zero-order chi connectivity index (χ0) is 9.84. The summed E-state index contributed by atoms with van der Waals surface area (Å²) in [6.45, 7) is 1.20. The van der Waals surface area contributed by atoms with Crippen LogP contribution in [0.4, 0.5) is 8.78 Å². The van der Waals surface area contributed by atoms with Crippen LogP contribution in [0.15, 0.2) is 18.2 Å². The molecule has 1 nitrogen and oxygen atoms in total. The van der Waals surface area contributed by atoms with Gasteiger partial charge in [-0.2, -0.15) is 8.78 Å². The molecule has 0 atom stereocenters. The fraction of sp³-hybridized carbons (Fsp3) is 0.400. The van der Waals surface area contributed by atoms with Crippen molar-refractivity contribution in [2.45, 2.75) is 26.4 Å². The molecule has 0 saturated carbocycles. The second-order valence-electron chi connectivity index (χ2n) is 3.04. The van der Waals surface area contributed by atoms with Gasteiger partial charge >= 0.3 is 6.61 Å². The lowest BCUT2D eigenvalue weighted by Crippen LogP contribution is -2.02. The molecule has 0 saturated heterocycles. The zero-order valence-electron chi connectivity index (χ0n) is 7.55. The summed E-state index contributed by atoms with van der Waals surface area (Å²) in [7, 11) is 0. The fourth-order valence-corrected chi connectivity index (χ4v) is 0.972. The van der Waals surface area contributed by atoms with Crippen molar-refractivity contribution in [1.29, 1.82) is 0 Å². The normalized spacial score (nSPS) is 10.9. The van der Waals surface area contributed by atoms with Gasteiger partial charge in [-0.05, 0) is 29.7 Å². The molecule has 0 spiro atoms. The van der Waals surface area contributed by atoms with Crippen LogP contribution in [0.3, 0.4) is 0 Å². The van der Waals surface area contributed by atoms with E-state index in [4.69, 9.17) is 0 Å². The van der Waals surface area contributed by atoms with Gasteiger partial charge in [-0.1, -0.05) is 19.9 Å². The van der Waals surface area contributed by atoms with E-state index in [-0.39, 0.29) is 11.7 Å². The fourth-order valence-electron chi connectivity index (χ4n) is 0.972. The lowest BCUT2D eigenvalue weighted by molar-refractivity contribution is -0.0499. The van der Waals surface area contributed by atoms with Gasteiger partial charge in [0.05, 0.1) is 0 Å². The number of alkyl halides is 2. The SMILES string of the molecule is CC(C)c1c[c]cc(OC(F)F)c1. The van der Waals surface area contributed by atoms with Gasteiger partial charge in [0.25, 0.3) is 0 Å². The molecule has 0 unspecified atom stereocenters. The van der Waals surface area contributed by atoms with E-state index in [0.29, 0.717) is 0 Å². The number of rotatable bonds is 3. The van der Waals surface area contributed by atoms with Crippen LogP contribution >= 0.6 is 0 Å². The van der Waals surface area contributed by atoms with E-state index in [9.17, 15) is 8.78 Å². The number of hydrogen-bond acceptors (Lipinski definition) is 1. The van der Waals surface area contributed by atoms with Crippen molar-refractivity contribution < 1.29 is 13.5 Å². The Morgan fingerprint density at radius 1 is 1.31 bits per heavy atom. The van der Waals surface area contributed by atoms with Gasteiger partial charge in [-0.25, -0.2) is 0 Å². The van der Waals surface area contributed by atoms with Crippen molar-refractivity contribution in [3.8, 4) is 5.75 Å². The number of ether oxygens (including phenoxy) is 1. The van der Waals surface area contributed by atoms with Crippen molar-refractivity contribution in [1.82, 2.24) is 0 Å². The first-order chi connectivity index (χ1) is 6.09. The smallest absolute Gasteiger partial charge is 0.387 e. The third-order valence-electron chi connectivity index (χ3n) is 1.68. The first-order valence-electron chi connectivity index (χ1n) is 4.05. The second-order valence-corrected chi connectivity index (χ2v) is 3.04. The van der Waals surface area contributed by atoms with Crippen molar-refractivity contribution in [3.63, 3.8) is 0 Å². The largest absolute Gasteiger partial charge is 0.435 e. The van der Waals surface area contributed by atoms with Crippen molar-refractivity contribution in [2.24, 2.45) is 0 Å². The molecule has 0 amide bonds. The van der Waals surface area contributed by atoms with Crippen LogP contribution in [0.5, 0.6) is 5.75 Å². The van der Waals surface area contributed by atoms with Crippen LogP contribution < -0.4 is 4.74 Å². The predicted molar refractivity (Wildman–Crippen MR) is 46.0 cm³/mol. The highest BCUT2D eigenvalue weighted by atomic mass is 19.3. The minimum atomic E-state index is -2.77. The molecule has 0 aliphatic carbocycles. The minimum Gasteiger partial charge on any atom is -0.435 e. The van der Waals surface area contributed by atoms with Gasteiger partial charge in [0.1, 0.15) is 5.75 Å². The molecule has 71 valence electrons. The highest BCUT2D eigenvalue weighted by molar-refractivity contribution is 5.29. The number of halogens is 2. The average Bonchev–Trinajstić information content (AvgIpc) is 2.03. The van der Waals surface area contributed by atoms with Crippen LogP contribution in [0.25, 0.3) is 0 Å². The van der Waals surface area contributed by atoms with Gasteiger partial charge in [-0.3, -0.25) is 0 Å². The Hall–Kier alpha value is -1.12. The van der Waals surface area contributed by atoms with E-state index in [2.05, 4.69) is 10.8 Å². The molecular weight excluding hydrogens is 174 g/mol. The predicted octanol–water partition coefficient (Wildman–Crippen LogP) is 3.21. The van der Waals surface area contributed by atoms with E-state index in [1.54, 1.807) is 12.1 Å². The molecular formula is C10H11F2O. The van der Waals surface area contributed by atoms with E-state index in [1.807, 2.05) is 13.8 Å². The summed E-state index contributed by atoms with van der Waals surface area (Å²) >= 11 is 0. The maximum absolute atomic E-state index is 11.8. The van der Waals surface area contributed by atoms with E-state index >= 15 is 0 Å². The van der Waals surface area contributed by atoms with Gasteiger partial charge in [0.2, 0.25) is 0 Å². The molecule has 0 heterocycles. The molecule has 0 aliphatic rings. The zero-order valence-corrected chi connectivity index (χ0v) is 7.55. The van der Waals surface area contributed by atoms with E-state index in [1.165, 1.54) is 6.07 Å². The first-order valence-corrected chi connectivity index (χ1v) is 4.05. The molecule has 0 fully saturated rings. The number of hydrogen-bond donors (Lipinski definition) is 0. The summed E-state index contributed by atoms with van der Waals surface area (Å²) in [5.74, 6) is 0.457. The summed E-state index contributed by atoms with van der Waals surface area (Å²) in [5, 5.41) is 0. The number of benzene rings is 1. The second kappa shape index (κ2) is 4.21. The summed E-state index contributed by atoms with van der Waals surface area (Å²) in [4.78, 5) is 0. The lowest BCUT2D eigenvalue weighted by atomic mass is 10.0. The first kappa shape index (κ1) is 9.96. The average molecular weight is 185 g/mol. The van der Waals surface area contributed by atoms with Gasteiger partial charge in [0.15, 0.2) is 0 Å². The minimum absolute atomic E-state index is 0.168.